The molecular weight excluding hydrogens is 335 g/mol. The van der Waals surface area contributed by atoms with Gasteiger partial charge in [0, 0.05) is 11.6 Å². The van der Waals surface area contributed by atoms with E-state index in [0.717, 1.165) is 11.3 Å². The number of hydrogen-bond acceptors (Lipinski definition) is 2. The molecule has 0 saturated heterocycles. The number of hydrogen-bond donors (Lipinski definition) is 0. The molecule has 21 heavy (non-hydrogen) atoms. The average Bonchev–Trinajstić information content (AvgIpc) is 2.98. The number of rotatable bonds is 4. The van der Waals surface area contributed by atoms with Crippen molar-refractivity contribution in [2.75, 3.05) is 0 Å². The molecule has 0 bridgehead atoms. The van der Waals surface area contributed by atoms with E-state index >= 15 is 0 Å². The fourth-order valence-corrected chi connectivity index (χ4v) is 2.31. The van der Waals surface area contributed by atoms with Gasteiger partial charge in [-0.1, -0.05) is 30.3 Å². The van der Waals surface area contributed by atoms with Gasteiger partial charge in [-0.3, -0.25) is 0 Å². The van der Waals surface area contributed by atoms with Gasteiger partial charge in [0.1, 0.15) is 29.7 Å². The van der Waals surface area contributed by atoms with Crippen LogP contribution < -0.4 is 4.74 Å². The maximum absolute atomic E-state index is 13.2. The Morgan fingerprint density at radius 1 is 1.00 bits per heavy atom. The van der Waals surface area contributed by atoms with Gasteiger partial charge in [-0.2, -0.15) is 0 Å². The lowest BCUT2D eigenvalue weighted by Crippen LogP contribution is -1.95. The summed E-state index contributed by atoms with van der Waals surface area (Å²) in [4.78, 5) is 0. The Bertz CT molecular complexity index is 738. The van der Waals surface area contributed by atoms with Gasteiger partial charge in [0.2, 0.25) is 0 Å². The fraction of sp³-hybridized carbons (Fsp3) is 0.0588. The average molecular weight is 347 g/mol. The third kappa shape index (κ3) is 3.34. The van der Waals surface area contributed by atoms with Gasteiger partial charge in [-0.25, -0.2) is 4.39 Å². The highest BCUT2D eigenvalue weighted by atomic mass is 79.9. The summed E-state index contributed by atoms with van der Waals surface area (Å²) in [6.45, 7) is 0.245. The first kappa shape index (κ1) is 13.9. The van der Waals surface area contributed by atoms with Crippen LogP contribution >= 0.6 is 15.9 Å². The van der Waals surface area contributed by atoms with Gasteiger partial charge in [0.25, 0.3) is 0 Å². The lowest BCUT2D eigenvalue weighted by Gasteiger charge is -2.06. The largest absolute Gasteiger partial charge is 0.484 e. The maximum Gasteiger partial charge on any atom is 0.146 e. The van der Waals surface area contributed by atoms with Gasteiger partial charge >= 0.3 is 0 Å². The summed E-state index contributed by atoms with van der Waals surface area (Å²) >= 11 is 3.32. The Morgan fingerprint density at radius 2 is 1.81 bits per heavy atom. The van der Waals surface area contributed by atoms with Crippen molar-refractivity contribution >= 4 is 15.9 Å². The monoisotopic (exact) mass is 346 g/mol. The smallest absolute Gasteiger partial charge is 0.146 e. The van der Waals surface area contributed by atoms with Crippen LogP contribution in [0, 0.1) is 5.82 Å². The van der Waals surface area contributed by atoms with E-state index in [4.69, 9.17) is 9.15 Å². The lowest BCUT2D eigenvalue weighted by atomic mass is 10.2. The third-order valence-corrected chi connectivity index (χ3v) is 3.64. The Labute approximate surface area is 130 Å². The molecule has 0 atom stereocenters. The summed E-state index contributed by atoms with van der Waals surface area (Å²) in [6.07, 6.45) is 0. The molecule has 2 aromatic carbocycles. The second-order valence-electron chi connectivity index (χ2n) is 4.50. The van der Waals surface area contributed by atoms with Crippen molar-refractivity contribution in [1.82, 2.24) is 0 Å². The van der Waals surface area contributed by atoms with Crippen LogP contribution in [0.2, 0.25) is 0 Å². The van der Waals surface area contributed by atoms with Gasteiger partial charge in [-0.05, 0) is 40.2 Å². The van der Waals surface area contributed by atoms with Crippen LogP contribution in [0.1, 0.15) is 5.76 Å². The standard InChI is InChI=1S/C17H12BrFO2/c18-15-8-6-13(19)10-17(15)20-11-14-7-9-16(21-14)12-4-2-1-3-5-12/h1-10H,11H2. The summed E-state index contributed by atoms with van der Waals surface area (Å²) < 4.78 is 25.2. The Morgan fingerprint density at radius 3 is 2.62 bits per heavy atom. The first-order chi connectivity index (χ1) is 10.2. The van der Waals surface area contributed by atoms with E-state index in [-0.39, 0.29) is 12.4 Å². The first-order valence-electron chi connectivity index (χ1n) is 6.44. The molecule has 1 aromatic heterocycles. The zero-order valence-corrected chi connectivity index (χ0v) is 12.6. The fourth-order valence-electron chi connectivity index (χ4n) is 1.95. The molecule has 0 spiro atoms. The zero-order valence-electron chi connectivity index (χ0n) is 11.1. The molecule has 0 N–H and O–H groups in total. The van der Waals surface area contributed by atoms with Gasteiger partial charge in [-0.15, -0.1) is 0 Å². The minimum absolute atomic E-state index is 0.245. The van der Waals surface area contributed by atoms with E-state index in [1.807, 2.05) is 42.5 Å². The Balaban J connectivity index is 1.72. The minimum atomic E-state index is -0.336. The van der Waals surface area contributed by atoms with Crippen molar-refractivity contribution in [3.05, 3.63) is 76.7 Å². The predicted molar refractivity (Wildman–Crippen MR) is 82.6 cm³/mol. The molecule has 3 rings (SSSR count). The zero-order chi connectivity index (χ0) is 14.7. The van der Waals surface area contributed by atoms with Gasteiger partial charge < -0.3 is 9.15 Å². The highest BCUT2D eigenvalue weighted by molar-refractivity contribution is 9.10. The van der Waals surface area contributed by atoms with Crippen LogP contribution in [0.15, 0.2) is 69.6 Å². The van der Waals surface area contributed by atoms with E-state index in [9.17, 15) is 4.39 Å². The van der Waals surface area contributed by atoms with E-state index in [1.165, 1.54) is 12.1 Å². The number of furan rings is 1. The molecule has 0 unspecified atom stereocenters. The molecule has 1 heterocycles. The van der Waals surface area contributed by atoms with Crippen LogP contribution in [-0.4, -0.2) is 0 Å². The lowest BCUT2D eigenvalue weighted by molar-refractivity contribution is 0.269. The maximum atomic E-state index is 13.2. The van der Waals surface area contributed by atoms with E-state index in [1.54, 1.807) is 6.07 Å². The molecule has 3 aromatic rings. The molecule has 0 saturated carbocycles. The molecule has 0 amide bonds. The van der Waals surface area contributed by atoms with Crippen LogP contribution in [0.3, 0.4) is 0 Å². The SMILES string of the molecule is Fc1ccc(Br)c(OCc2ccc(-c3ccccc3)o2)c1. The molecule has 0 aliphatic heterocycles. The normalized spacial score (nSPS) is 10.6. The summed E-state index contributed by atoms with van der Waals surface area (Å²) in [6, 6.07) is 17.9. The number of benzene rings is 2. The minimum Gasteiger partial charge on any atom is -0.484 e. The molecule has 106 valence electrons. The topological polar surface area (TPSA) is 22.4 Å². The second kappa shape index (κ2) is 6.14. The predicted octanol–water partition coefficient (Wildman–Crippen LogP) is 5.43. The molecule has 0 fully saturated rings. The van der Waals surface area contributed by atoms with E-state index in [0.29, 0.717) is 16.0 Å². The molecule has 0 radical (unpaired) electrons. The number of halogens is 2. The summed E-state index contributed by atoms with van der Waals surface area (Å²) in [7, 11) is 0. The molecule has 0 aliphatic carbocycles. The van der Waals surface area contributed by atoms with Crippen LogP contribution in [-0.2, 0) is 6.61 Å². The van der Waals surface area contributed by atoms with Crippen molar-refractivity contribution in [2.45, 2.75) is 6.61 Å². The number of ether oxygens (including phenoxy) is 1. The summed E-state index contributed by atoms with van der Waals surface area (Å²) in [5.74, 6) is 1.59. The summed E-state index contributed by atoms with van der Waals surface area (Å²) in [5, 5.41) is 0. The second-order valence-corrected chi connectivity index (χ2v) is 5.35. The van der Waals surface area contributed by atoms with Crippen molar-refractivity contribution in [1.29, 1.82) is 0 Å². The van der Waals surface area contributed by atoms with Crippen molar-refractivity contribution in [2.24, 2.45) is 0 Å². The highest BCUT2D eigenvalue weighted by Crippen LogP contribution is 2.27. The molecular formula is C17H12BrFO2. The van der Waals surface area contributed by atoms with Crippen molar-refractivity contribution < 1.29 is 13.5 Å². The molecule has 0 aliphatic rings. The Kier molecular flexibility index (Phi) is 4.06. The third-order valence-electron chi connectivity index (χ3n) is 2.98. The first-order valence-corrected chi connectivity index (χ1v) is 7.23. The van der Waals surface area contributed by atoms with Crippen LogP contribution in [0.5, 0.6) is 5.75 Å². The van der Waals surface area contributed by atoms with Crippen molar-refractivity contribution in [3.8, 4) is 17.1 Å². The quantitative estimate of drug-likeness (QED) is 0.628. The van der Waals surface area contributed by atoms with Crippen molar-refractivity contribution in [3.63, 3.8) is 0 Å². The highest BCUT2D eigenvalue weighted by Gasteiger charge is 2.07. The molecule has 4 heteroatoms. The van der Waals surface area contributed by atoms with Gasteiger partial charge in [0.15, 0.2) is 0 Å². The van der Waals surface area contributed by atoms with Gasteiger partial charge in [0.05, 0.1) is 4.47 Å². The van der Waals surface area contributed by atoms with E-state index in [2.05, 4.69) is 15.9 Å². The summed E-state index contributed by atoms with van der Waals surface area (Å²) in [5.41, 5.74) is 1.01. The Hall–Kier alpha value is -2.07. The van der Waals surface area contributed by atoms with Crippen LogP contribution in [0.25, 0.3) is 11.3 Å². The van der Waals surface area contributed by atoms with Crippen LogP contribution in [0.4, 0.5) is 4.39 Å². The van der Waals surface area contributed by atoms with E-state index < -0.39 is 0 Å². The molecule has 2 nitrogen and oxygen atoms in total.